The van der Waals surface area contributed by atoms with Crippen LogP contribution in [-0.2, 0) is 5.41 Å². The molecule has 0 aliphatic heterocycles. The van der Waals surface area contributed by atoms with Gasteiger partial charge in [0.1, 0.15) is 11.5 Å². The van der Waals surface area contributed by atoms with Crippen molar-refractivity contribution in [2.45, 2.75) is 19.3 Å². The van der Waals surface area contributed by atoms with E-state index >= 15 is 0 Å². The molecule has 4 heteroatoms. The normalized spacial score (nSPS) is 15.0. The predicted molar refractivity (Wildman–Crippen MR) is 102 cm³/mol. The molecule has 1 aliphatic rings. The average molecular weight is 358 g/mol. The topological polar surface area (TPSA) is 74.6 Å². The van der Waals surface area contributed by atoms with E-state index in [0.29, 0.717) is 27.8 Å². The maximum absolute atomic E-state index is 13.6. The number of aromatic hydroxyl groups is 2. The zero-order valence-corrected chi connectivity index (χ0v) is 15.0. The van der Waals surface area contributed by atoms with E-state index < -0.39 is 17.0 Å². The third-order valence-corrected chi connectivity index (χ3v) is 5.55. The molecule has 4 rings (SSSR count). The molecule has 0 radical (unpaired) electrons. The summed E-state index contributed by atoms with van der Waals surface area (Å²) < 4.78 is 0. The Balaban J connectivity index is 2.14. The lowest BCUT2D eigenvalue weighted by molar-refractivity contribution is 0.0826. The van der Waals surface area contributed by atoms with Gasteiger partial charge < -0.3 is 10.2 Å². The molecule has 0 heterocycles. The monoisotopic (exact) mass is 358 g/mol. The fourth-order valence-electron chi connectivity index (χ4n) is 3.91. The first-order chi connectivity index (χ1) is 12.9. The van der Waals surface area contributed by atoms with E-state index in [4.69, 9.17) is 0 Å². The third kappa shape index (κ3) is 2.10. The van der Waals surface area contributed by atoms with Crippen LogP contribution in [0.5, 0.6) is 11.5 Å². The van der Waals surface area contributed by atoms with Gasteiger partial charge in [0.25, 0.3) is 0 Å². The first-order valence-electron chi connectivity index (χ1n) is 8.67. The summed E-state index contributed by atoms with van der Waals surface area (Å²) in [7, 11) is 0. The van der Waals surface area contributed by atoms with Crippen molar-refractivity contribution in [2.75, 3.05) is 0 Å². The molecule has 3 aromatic carbocycles. The van der Waals surface area contributed by atoms with Gasteiger partial charge in [0.15, 0.2) is 17.0 Å². The lowest BCUT2D eigenvalue weighted by atomic mass is 9.69. The van der Waals surface area contributed by atoms with E-state index in [-0.39, 0.29) is 17.1 Å². The Labute approximate surface area is 156 Å². The number of hydrogen-bond donors (Lipinski definition) is 2. The van der Waals surface area contributed by atoms with Crippen molar-refractivity contribution in [1.82, 2.24) is 0 Å². The van der Waals surface area contributed by atoms with Gasteiger partial charge in [0.2, 0.25) is 0 Å². The summed E-state index contributed by atoms with van der Waals surface area (Å²) in [5, 5.41) is 21.3. The Morgan fingerprint density at radius 1 is 0.741 bits per heavy atom. The van der Waals surface area contributed by atoms with E-state index in [1.807, 2.05) is 0 Å². The Kier molecular flexibility index (Phi) is 3.67. The highest BCUT2D eigenvalue weighted by Crippen LogP contribution is 2.49. The Morgan fingerprint density at radius 2 is 1.26 bits per heavy atom. The van der Waals surface area contributed by atoms with Gasteiger partial charge in [-0.1, -0.05) is 54.6 Å². The maximum Gasteiger partial charge on any atom is 0.186 e. The van der Waals surface area contributed by atoms with Gasteiger partial charge in [0.05, 0.1) is 0 Å². The first kappa shape index (κ1) is 17.0. The number of ketones is 2. The number of Topliss-reactive ketones (excluding diaryl/α,β-unsaturated/α-hetero) is 2. The quantitative estimate of drug-likeness (QED) is 0.535. The molecule has 0 fully saturated rings. The van der Waals surface area contributed by atoms with Gasteiger partial charge in [-0.3, -0.25) is 9.59 Å². The van der Waals surface area contributed by atoms with Crippen LogP contribution in [0.1, 0.15) is 43.0 Å². The van der Waals surface area contributed by atoms with Gasteiger partial charge in [-0.2, -0.15) is 0 Å². The maximum atomic E-state index is 13.6. The summed E-state index contributed by atoms with van der Waals surface area (Å²) in [4.78, 5) is 27.2. The minimum Gasteiger partial charge on any atom is -0.508 e. The van der Waals surface area contributed by atoms with E-state index in [1.54, 1.807) is 68.4 Å². The highest BCUT2D eigenvalue weighted by Gasteiger charge is 2.56. The van der Waals surface area contributed by atoms with Crippen molar-refractivity contribution in [1.29, 1.82) is 0 Å². The highest BCUT2D eigenvalue weighted by molar-refractivity contribution is 6.35. The molecule has 0 saturated heterocycles. The van der Waals surface area contributed by atoms with Crippen molar-refractivity contribution in [3.05, 3.63) is 94.0 Å². The summed E-state index contributed by atoms with van der Waals surface area (Å²) in [5.74, 6) is -1.00. The molecule has 27 heavy (non-hydrogen) atoms. The SMILES string of the molecule is Cc1c(O)cc(C2(c3ccccc3)C(=O)c3ccccc3C2=O)c(O)c1C. The number of carbonyl (C=O) groups excluding carboxylic acids is 2. The second-order valence-electron chi connectivity index (χ2n) is 6.86. The smallest absolute Gasteiger partial charge is 0.186 e. The Morgan fingerprint density at radius 3 is 1.81 bits per heavy atom. The molecule has 4 nitrogen and oxygen atoms in total. The highest BCUT2D eigenvalue weighted by atomic mass is 16.3. The second kappa shape index (κ2) is 5.81. The molecule has 0 atom stereocenters. The van der Waals surface area contributed by atoms with Gasteiger partial charge in [0, 0.05) is 16.7 Å². The fourth-order valence-corrected chi connectivity index (χ4v) is 3.91. The number of fused-ring (bicyclic) bond motifs is 1. The molecule has 2 N–H and O–H groups in total. The van der Waals surface area contributed by atoms with Crippen LogP contribution in [0.25, 0.3) is 0 Å². The van der Waals surface area contributed by atoms with Crippen LogP contribution in [0.4, 0.5) is 0 Å². The minimum atomic E-state index is -1.72. The van der Waals surface area contributed by atoms with Crippen molar-refractivity contribution >= 4 is 11.6 Å². The number of hydrogen-bond acceptors (Lipinski definition) is 4. The number of phenolic OH excluding ortho intramolecular Hbond substituents is 2. The molecule has 0 bridgehead atoms. The molecular weight excluding hydrogens is 340 g/mol. The third-order valence-electron chi connectivity index (χ3n) is 5.55. The van der Waals surface area contributed by atoms with E-state index in [2.05, 4.69) is 0 Å². The predicted octanol–water partition coefficient (Wildman–Crippen LogP) is 4.08. The van der Waals surface area contributed by atoms with Crippen LogP contribution in [0.3, 0.4) is 0 Å². The van der Waals surface area contributed by atoms with E-state index in [0.717, 1.165) is 0 Å². The lowest BCUT2D eigenvalue weighted by Crippen LogP contribution is -2.39. The molecule has 0 amide bonds. The van der Waals surface area contributed by atoms with Crippen molar-refractivity contribution in [2.24, 2.45) is 0 Å². The van der Waals surface area contributed by atoms with Crippen LogP contribution < -0.4 is 0 Å². The molecule has 3 aromatic rings. The van der Waals surface area contributed by atoms with Gasteiger partial charge >= 0.3 is 0 Å². The second-order valence-corrected chi connectivity index (χ2v) is 6.86. The van der Waals surface area contributed by atoms with Gasteiger partial charge in [-0.25, -0.2) is 0 Å². The fraction of sp³-hybridized carbons (Fsp3) is 0.130. The van der Waals surface area contributed by atoms with Crippen LogP contribution in [0.15, 0.2) is 60.7 Å². The van der Waals surface area contributed by atoms with Crippen molar-refractivity contribution in [3.8, 4) is 11.5 Å². The molecule has 0 spiro atoms. The number of rotatable bonds is 2. The number of carbonyl (C=O) groups is 2. The first-order valence-corrected chi connectivity index (χ1v) is 8.67. The Bertz CT molecular complexity index is 1060. The molecule has 134 valence electrons. The average Bonchev–Trinajstić information content (AvgIpc) is 2.92. The van der Waals surface area contributed by atoms with Crippen LogP contribution >= 0.6 is 0 Å². The van der Waals surface area contributed by atoms with Crippen molar-refractivity contribution < 1.29 is 19.8 Å². The summed E-state index contributed by atoms with van der Waals surface area (Å²) in [6, 6.07) is 16.7. The van der Waals surface area contributed by atoms with E-state index in [9.17, 15) is 19.8 Å². The van der Waals surface area contributed by atoms with E-state index in [1.165, 1.54) is 6.07 Å². The van der Waals surface area contributed by atoms with Gasteiger partial charge in [-0.05, 0) is 36.6 Å². The minimum absolute atomic E-state index is 0.0628. The molecule has 1 aliphatic carbocycles. The molecule has 0 aromatic heterocycles. The van der Waals surface area contributed by atoms with Crippen LogP contribution in [0.2, 0.25) is 0 Å². The molecular formula is C23H18O4. The van der Waals surface area contributed by atoms with Crippen LogP contribution in [0, 0.1) is 13.8 Å². The number of phenols is 2. The van der Waals surface area contributed by atoms with Gasteiger partial charge in [-0.15, -0.1) is 0 Å². The lowest BCUT2D eigenvalue weighted by Gasteiger charge is -2.29. The molecule has 0 unspecified atom stereocenters. The summed E-state index contributed by atoms with van der Waals surface area (Å²) in [6.45, 7) is 3.33. The van der Waals surface area contributed by atoms with Crippen molar-refractivity contribution in [3.63, 3.8) is 0 Å². The van der Waals surface area contributed by atoms with Crippen LogP contribution in [-0.4, -0.2) is 21.8 Å². The molecule has 0 saturated carbocycles. The Hall–Kier alpha value is -3.40. The largest absolute Gasteiger partial charge is 0.508 e. The summed E-state index contributed by atoms with van der Waals surface area (Å²) in [5.41, 5.74) is 0.457. The standard InChI is InChI=1S/C23H18O4/c1-13-14(2)20(25)18(12-19(13)24)23(15-8-4-3-5-9-15)21(26)16-10-6-7-11-17(16)22(23)27/h3-12,24-25H,1-2H3. The summed E-state index contributed by atoms with van der Waals surface area (Å²) >= 11 is 0. The number of benzene rings is 3. The summed E-state index contributed by atoms with van der Waals surface area (Å²) in [6.07, 6.45) is 0. The zero-order valence-electron chi connectivity index (χ0n) is 15.0. The zero-order chi connectivity index (χ0) is 19.3.